The molecule has 4 amide bonds. The number of alkyl carbamates (subject to hydrolysis) is 1. The van der Waals surface area contributed by atoms with Gasteiger partial charge in [0, 0.05) is 13.1 Å². The molecule has 41 heavy (non-hydrogen) atoms. The van der Waals surface area contributed by atoms with Gasteiger partial charge in [-0.15, -0.1) is 6.58 Å². The van der Waals surface area contributed by atoms with Crippen molar-refractivity contribution in [2.75, 3.05) is 13.1 Å². The number of nitrogens with zero attached hydrogens (tertiary/aromatic N) is 1. The largest absolute Gasteiger partial charge is 0.444 e. The van der Waals surface area contributed by atoms with Gasteiger partial charge in [-0.3, -0.25) is 19.2 Å². The van der Waals surface area contributed by atoms with Crippen LogP contribution in [0.3, 0.4) is 0 Å². The second-order valence-corrected chi connectivity index (χ2v) is 12.9. The van der Waals surface area contributed by atoms with E-state index in [1.165, 1.54) is 6.08 Å². The Kier molecular flexibility index (Phi) is 13.8. The summed E-state index contributed by atoms with van der Waals surface area (Å²) in [6, 6.07) is -2.60. The quantitative estimate of drug-likeness (QED) is 0.310. The fraction of sp³-hybridized carbons (Fsp3) is 0.774. The summed E-state index contributed by atoms with van der Waals surface area (Å²) in [7, 11) is 0. The van der Waals surface area contributed by atoms with Crippen LogP contribution in [0.4, 0.5) is 4.79 Å². The highest BCUT2D eigenvalue weighted by atomic mass is 16.6. The van der Waals surface area contributed by atoms with Crippen molar-refractivity contribution < 1.29 is 28.7 Å². The molecule has 0 aromatic carbocycles. The van der Waals surface area contributed by atoms with Gasteiger partial charge in [-0.25, -0.2) is 4.79 Å². The average molecular weight is 577 g/mol. The summed E-state index contributed by atoms with van der Waals surface area (Å²) in [5.74, 6) is -1.74. The Labute approximate surface area is 245 Å². The average Bonchev–Trinajstić information content (AvgIpc) is 3.29. The molecule has 2 aliphatic heterocycles. The molecular formula is C31H52N4O6. The van der Waals surface area contributed by atoms with Crippen molar-refractivity contribution in [2.45, 2.75) is 129 Å². The van der Waals surface area contributed by atoms with Crippen LogP contribution in [0.2, 0.25) is 0 Å². The number of ether oxygens (including phenoxy) is 1. The van der Waals surface area contributed by atoms with E-state index in [0.29, 0.717) is 38.1 Å². The minimum Gasteiger partial charge on any atom is -0.444 e. The van der Waals surface area contributed by atoms with Gasteiger partial charge >= 0.3 is 6.09 Å². The Morgan fingerprint density at radius 3 is 2.24 bits per heavy atom. The molecule has 0 aromatic rings. The van der Waals surface area contributed by atoms with Crippen molar-refractivity contribution in [2.24, 2.45) is 11.8 Å². The Bertz CT molecular complexity index is 928. The van der Waals surface area contributed by atoms with Gasteiger partial charge < -0.3 is 25.6 Å². The van der Waals surface area contributed by atoms with Crippen LogP contribution in [0.1, 0.15) is 105 Å². The summed E-state index contributed by atoms with van der Waals surface area (Å²) in [4.78, 5) is 67.5. The number of hydrogen-bond donors (Lipinski definition) is 3. The molecule has 2 fully saturated rings. The van der Waals surface area contributed by atoms with Crippen LogP contribution in [-0.4, -0.2) is 71.3 Å². The lowest BCUT2D eigenvalue weighted by Crippen LogP contribution is -2.56. The molecule has 3 N–H and O–H groups in total. The molecule has 0 bridgehead atoms. The van der Waals surface area contributed by atoms with Crippen LogP contribution < -0.4 is 16.0 Å². The lowest BCUT2D eigenvalue weighted by molar-refractivity contribution is -0.143. The van der Waals surface area contributed by atoms with Crippen LogP contribution in [0.25, 0.3) is 0 Å². The standard InChI is InChI=1S/C31H52N4O6/c1-7-17-32-28(38)26(36)23-15-13-11-9-8-10-12-14-16-24(34-30(40)41-31(4,5)6)29(39)35-20-22(18-21(2)3)19-25(35)27(37)33-23/h7,21-25H,1,8-20H2,2-6H3,(H,32,38)(H,33,37)(H,34,40)/t22-,23+,24+,25+/m1/s1. The minimum atomic E-state index is -0.975. The molecule has 2 saturated heterocycles. The number of amides is 4. The van der Waals surface area contributed by atoms with E-state index in [1.54, 1.807) is 25.7 Å². The Morgan fingerprint density at radius 2 is 1.66 bits per heavy atom. The highest BCUT2D eigenvalue weighted by Crippen LogP contribution is 2.30. The Balaban J connectivity index is 2.35. The highest BCUT2D eigenvalue weighted by molar-refractivity contribution is 6.38. The van der Waals surface area contributed by atoms with Gasteiger partial charge in [0.25, 0.3) is 5.91 Å². The number of Topliss-reactive ketones (excluding diaryl/α,β-unsaturated/α-hetero) is 1. The molecule has 0 aromatic heterocycles. The number of carbonyl (C=O) groups excluding carboxylic acids is 5. The van der Waals surface area contributed by atoms with E-state index in [9.17, 15) is 24.0 Å². The maximum absolute atomic E-state index is 14.0. The normalized spacial score (nSPS) is 25.2. The molecule has 2 rings (SSSR count). The summed E-state index contributed by atoms with van der Waals surface area (Å²) in [6.07, 6.45) is 9.18. The lowest BCUT2D eigenvalue weighted by Gasteiger charge is -2.30. The van der Waals surface area contributed by atoms with Crippen molar-refractivity contribution in [1.82, 2.24) is 20.9 Å². The summed E-state index contributed by atoms with van der Waals surface area (Å²) in [5, 5.41) is 8.11. The van der Waals surface area contributed by atoms with Gasteiger partial charge in [-0.1, -0.05) is 64.9 Å². The van der Waals surface area contributed by atoms with Crippen molar-refractivity contribution in [3.8, 4) is 0 Å². The summed E-state index contributed by atoms with van der Waals surface area (Å²) in [5.41, 5.74) is -0.719. The Hall–Kier alpha value is -2.91. The second-order valence-electron chi connectivity index (χ2n) is 12.9. The van der Waals surface area contributed by atoms with Crippen LogP contribution >= 0.6 is 0 Å². The fourth-order valence-corrected chi connectivity index (χ4v) is 5.69. The van der Waals surface area contributed by atoms with Gasteiger partial charge in [-0.05, 0) is 58.3 Å². The predicted octanol–water partition coefficient (Wildman–Crippen LogP) is 4.02. The third kappa shape index (κ3) is 11.8. The number of ketones is 1. The summed E-state index contributed by atoms with van der Waals surface area (Å²) in [6.45, 7) is 13.6. The summed E-state index contributed by atoms with van der Waals surface area (Å²) < 4.78 is 5.44. The van der Waals surface area contributed by atoms with E-state index in [4.69, 9.17) is 4.74 Å². The molecule has 10 heteroatoms. The first-order valence-electron chi connectivity index (χ1n) is 15.4. The number of hydrogen-bond acceptors (Lipinski definition) is 6. The van der Waals surface area contributed by atoms with Crippen molar-refractivity contribution in [1.29, 1.82) is 0 Å². The van der Waals surface area contributed by atoms with Crippen LogP contribution in [0, 0.1) is 11.8 Å². The number of fused-ring (bicyclic) bond motifs is 1. The van der Waals surface area contributed by atoms with E-state index < -0.39 is 47.4 Å². The molecular weight excluding hydrogens is 524 g/mol. The zero-order valence-electron chi connectivity index (χ0n) is 25.8. The maximum atomic E-state index is 14.0. The van der Waals surface area contributed by atoms with E-state index in [1.807, 2.05) is 0 Å². The third-order valence-corrected chi connectivity index (χ3v) is 7.52. The third-order valence-electron chi connectivity index (χ3n) is 7.52. The molecule has 2 aliphatic rings. The zero-order valence-corrected chi connectivity index (χ0v) is 25.8. The predicted molar refractivity (Wildman–Crippen MR) is 158 cm³/mol. The highest BCUT2D eigenvalue weighted by Gasteiger charge is 2.43. The van der Waals surface area contributed by atoms with Crippen LogP contribution in [-0.2, 0) is 23.9 Å². The van der Waals surface area contributed by atoms with Gasteiger partial charge in [0.1, 0.15) is 17.7 Å². The number of carbonyl (C=O) groups is 5. The van der Waals surface area contributed by atoms with Crippen molar-refractivity contribution in [3.63, 3.8) is 0 Å². The maximum Gasteiger partial charge on any atom is 0.408 e. The molecule has 2 heterocycles. The molecule has 232 valence electrons. The fourth-order valence-electron chi connectivity index (χ4n) is 5.69. The summed E-state index contributed by atoms with van der Waals surface area (Å²) >= 11 is 0. The first-order chi connectivity index (χ1) is 19.3. The SMILES string of the molecule is C=CCNC(=O)C(=O)[C@@H]1CCCCCCCCC[C@H](NC(=O)OC(C)(C)C)C(=O)N2C[C@H](CC(C)C)C[C@H]2C(=O)N1. The smallest absolute Gasteiger partial charge is 0.408 e. The van der Waals surface area contributed by atoms with Crippen LogP contribution in [0.5, 0.6) is 0 Å². The van der Waals surface area contributed by atoms with E-state index in [-0.39, 0.29) is 18.4 Å². The monoisotopic (exact) mass is 576 g/mol. The van der Waals surface area contributed by atoms with Gasteiger partial charge in [0.15, 0.2) is 0 Å². The lowest BCUT2D eigenvalue weighted by atomic mass is 9.94. The van der Waals surface area contributed by atoms with E-state index in [0.717, 1.165) is 44.9 Å². The molecule has 0 aliphatic carbocycles. The van der Waals surface area contributed by atoms with Gasteiger partial charge in [-0.2, -0.15) is 0 Å². The number of rotatable bonds is 7. The molecule has 0 unspecified atom stereocenters. The first-order valence-corrected chi connectivity index (χ1v) is 15.4. The molecule has 0 radical (unpaired) electrons. The van der Waals surface area contributed by atoms with Crippen LogP contribution in [0.15, 0.2) is 12.7 Å². The topological polar surface area (TPSA) is 134 Å². The molecule has 0 spiro atoms. The minimum absolute atomic E-state index is 0.101. The van der Waals surface area contributed by atoms with E-state index in [2.05, 4.69) is 36.4 Å². The molecule has 4 atom stereocenters. The second kappa shape index (κ2) is 16.5. The van der Waals surface area contributed by atoms with Crippen molar-refractivity contribution >= 4 is 29.6 Å². The zero-order chi connectivity index (χ0) is 30.6. The van der Waals surface area contributed by atoms with Crippen molar-refractivity contribution in [3.05, 3.63) is 12.7 Å². The Morgan fingerprint density at radius 1 is 1.05 bits per heavy atom. The molecule has 10 nitrogen and oxygen atoms in total. The first kappa shape index (κ1) is 34.3. The van der Waals surface area contributed by atoms with E-state index >= 15 is 0 Å². The van der Waals surface area contributed by atoms with Gasteiger partial charge in [0.05, 0.1) is 6.04 Å². The number of nitrogens with one attached hydrogen (secondary N) is 3. The van der Waals surface area contributed by atoms with Gasteiger partial charge in [0.2, 0.25) is 17.6 Å². The molecule has 0 saturated carbocycles.